The molecule has 1 aromatic carbocycles. The Balaban J connectivity index is 2.22. The summed E-state index contributed by atoms with van der Waals surface area (Å²) in [6, 6.07) is 4.03. The molecule has 96 valence electrons. The lowest BCUT2D eigenvalue weighted by Crippen LogP contribution is -2.11. The molecule has 1 N–H and O–H groups in total. The monoisotopic (exact) mass is 336 g/mol. The molecule has 0 radical (unpaired) electrons. The number of alkyl halides is 3. The van der Waals surface area contributed by atoms with Crippen LogP contribution in [-0.2, 0) is 12.7 Å². The highest BCUT2D eigenvalue weighted by atomic mass is 79.9. The van der Waals surface area contributed by atoms with E-state index in [-0.39, 0.29) is 12.2 Å². The van der Waals surface area contributed by atoms with Crippen LogP contribution in [0.2, 0.25) is 0 Å². The van der Waals surface area contributed by atoms with E-state index in [2.05, 4.69) is 26.2 Å². The van der Waals surface area contributed by atoms with E-state index in [1.165, 1.54) is 17.4 Å². The van der Waals surface area contributed by atoms with Crippen LogP contribution in [0.15, 0.2) is 33.6 Å². The first-order valence-corrected chi connectivity index (χ1v) is 6.68. The van der Waals surface area contributed by atoms with Gasteiger partial charge in [0.2, 0.25) is 0 Å². The first-order chi connectivity index (χ1) is 8.47. The predicted octanol–water partition coefficient (Wildman–Crippen LogP) is 4.54. The summed E-state index contributed by atoms with van der Waals surface area (Å²) in [5.41, 5.74) is 1.73. The molecule has 2 aromatic rings. The van der Waals surface area contributed by atoms with Crippen LogP contribution in [0.25, 0.3) is 0 Å². The number of hydrogen-bond donors (Lipinski definition) is 1. The van der Waals surface area contributed by atoms with E-state index < -0.39 is 11.7 Å². The Hall–Kier alpha value is -1.08. The minimum atomic E-state index is -4.38. The molecule has 0 unspecified atom stereocenters. The van der Waals surface area contributed by atoms with Gasteiger partial charge in [0.15, 0.2) is 0 Å². The van der Waals surface area contributed by atoms with Gasteiger partial charge in [-0.05, 0) is 18.2 Å². The Bertz CT molecular complexity index is 526. The van der Waals surface area contributed by atoms with E-state index in [4.69, 9.17) is 0 Å². The summed E-state index contributed by atoms with van der Waals surface area (Å²) in [6.07, 6.45) is -4.38. The molecule has 2 rings (SSSR count). The first-order valence-electron chi connectivity index (χ1n) is 4.94. The van der Waals surface area contributed by atoms with Crippen LogP contribution in [0.4, 0.5) is 18.9 Å². The van der Waals surface area contributed by atoms with Gasteiger partial charge < -0.3 is 5.32 Å². The van der Waals surface area contributed by atoms with Crippen molar-refractivity contribution >= 4 is 33.0 Å². The molecule has 0 bridgehead atoms. The zero-order chi connectivity index (χ0) is 13.2. The number of nitrogens with one attached hydrogen (secondary N) is 1. The fraction of sp³-hybridized carbons (Fsp3) is 0.182. The van der Waals surface area contributed by atoms with Crippen molar-refractivity contribution in [2.75, 3.05) is 5.32 Å². The summed E-state index contributed by atoms with van der Waals surface area (Å²) in [5, 5.41) is 4.54. The van der Waals surface area contributed by atoms with Gasteiger partial charge in [-0.2, -0.15) is 13.2 Å². The fourth-order valence-corrected chi connectivity index (χ4v) is 2.34. The van der Waals surface area contributed by atoms with Crippen molar-refractivity contribution < 1.29 is 13.2 Å². The second-order valence-corrected chi connectivity index (χ2v) is 5.16. The van der Waals surface area contributed by atoms with Crippen LogP contribution < -0.4 is 5.32 Å². The van der Waals surface area contributed by atoms with Gasteiger partial charge in [-0.15, -0.1) is 11.3 Å². The third-order valence-corrected chi connectivity index (χ3v) is 3.36. The molecule has 0 aliphatic carbocycles. The average Bonchev–Trinajstić information content (AvgIpc) is 2.79. The molecule has 0 aliphatic heterocycles. The molecular weight excluding hydrogens is 329 g/mol. The zero-order valence-corrected chi connectivity index (χ0v) is 11.4. The van der Waals surface area contributed by atoms with Gasteiger partial charge in [0.25, 0.3) is 0 Å². The van der Waals surface area contributed by atoms with Crippen LogP contribution in [0.1, 0.15) is 11.3 Å². The number of hydrogen-bond acceptors (Lipinski definition) is 3. The van der Waals surface area contributed by atoms with Crippen molar-refractivity contribution in [1.82, 2.24) is 4.98 Å². The fourth-order valence-electron chi connectivity index (χ4n) is 1.42. The maximum Gasteiger partial charge on any atom is 0.418 e. The molecule has 7 heteroatoms. The quantitative estimate of drug-likeness (QED) is 0.890. The third-order valence-electron chi connectivity index (χ3n) is 2.23. The molecule has 18 heavy (non-hydrogen) atoms. The van der Waals surface area contributed by atoms with Gasteiger partial charge in [0.1, 0.15) is 0 Å². The first kappa shape index (κ1) is 13.4. The van der Waals surface area contributed by atoms with Crippen LogP contribution in [-0.4, -0.2) is 4.98 Å². The molecule has 0 spiro atoms. The number of benzene rings is 1. The lowest BCUT2D eigenvalue weighted by molar-refractivity contribution is -0.137. The highest BCUT2D eigenvalue weighted by Crippen LogP contribution is 2.36. The summed E-state index contributed by atoms with van der Waals surface area (Å²) in [5.74, 6) is 0. The molecule has 0 saturated heterocycles. The lowest BCUT2D eigenvalue weighted by Gasteiger charge is -2.14. The molecule has 0 saturated carbocycles. The Morgan fingerprint density at radius 1 is 1.33 bits per heavy atom. The lowest BCUT2D eigenvalue weighted by atomic mass is 10.1. The van der Waals surface area contributed by atoms with Gasteiger partial charge in [0.05, 0.1) is 23.3 Å². The molecular formula is C11H8BrF3N2S. The number of thiazole rings is 1. The number of nitrogens with zero attached hydrogens (tertiary/aromatic N) is 1. The van der Waals surface area contributed by atoms with E-state index in [0.29, 0.717) is 4.47 Å². The van der Waals surface area contributed by atoms with E-state index in [1.807, 2.05) is 0 Å². The minimum absolute atomic E-state index is 0.0544. The number of aromatic nitrogens is 1. The highest BCUT2D eigenvalue weighted by Gasteiger charge is 2.33. The summed E-state index contributed by atoms with van der Waals surface area (Å²) < 4.78 is 38.9. The van der Waals surface area contributed by atoms with Crippen molar-refractivity contribution in [3.63, 3.8) is 0 Å². The Morgan fingerprint density at radius 2 is 2.11 bits per heavy atom. The van der Waals surface area contributed by atoms with Crippen molar-refractivity contribution in [1.29, 1.82) is 0 Å². The van der Waals surface area contributed by atoms with Crippen LogP contribution in [0.3, 0.4) is 0 Å². The predicted molar refractivity (Wildman–Crippen MR) is 68.6 cm³/mol. The van der Waals surface area contributed by atoms with Crippen molar-refractivity contribution in [2.45, 2.75) is 12.7 Å². The van der Waals surface area contributed by atoms with Crippen molar-refractivity contribution in [3.05, 3.63) is 44.8 Å². The normalized spacial score (nSPS) is 11.6. The summed E-state index contributed by atoms with van der Waals surface area (Å²) >= 11 is 4.45. The smallest absolute Gasteiger partial charge is 0.379 e. The summed E-state index contributed by atoms with van der Waals surface area (Å²) in [6.45, 7) is 0.272. The summed E-state index contributed by atoms with van der Waals surface area (Å²) in [4.78, 5) is 4.01. The standard InChI is InChI=1S/C11H8BrF3N2S/c12-7-1-2-10(9(3-7)11(13,14)15)16-4-8-5-18-6-17-8/h1-3,5-6,16H,4H2. The second-order valence-electron chi connectivity index (χ2n) is 3.52. The molecule has 0 atom stereocenters. The number of rotatable bonds is 3. The molecule has 0 aliphatic rings. The highest BCUT2D eigenvalue weighted by molar-refractivity contribution is 9.10. The molecule has 2 nitrogen and oxygen atoms in total. The van der Waals surface area contributed by atoms with Crippen molar-refractivity contribution in [3.8, 4) is 0 Å². The van der Waals surface area contributed by atoms with Crippen molar-refractivity contribution in [2.24, 2.45) is 0 Å². The van der Waals surface area contributed by atoms with Gasteiger partial charge in [-0.1, -0.05) is 15.9 Å². The van der Waals surface area contributed by atoms with Gasteiger partial charge >= 0.3 is 6.18 Å². The van der Waals surface area contributed by atoms with Gasteiger partial charge in [0, 0.05) is 15.5 Å². The Kier molecular flexibility index (Phi) is 3.91. The minimum Gasteiger partial charge on any atom is -0.379 e. The number of halogens is 4. The number of anilines is 1. The molecule has 0 amide bonds. The van der Waals surface area contributed by atoms with E-state index in [1.54, 1.807) is 17.0 Å². The molecule has 0 fully saturated rings. The van der Waals surface area contributed by atoms with E-state index in [9.17, 15) is 13.2 Å². The zero-order valence-electron chi connectivity index (χ0n) is 8.96. The largest absolute Gasteiger partial charge is 0.418 e. The summed E-state index contributed by atoms with van der Waals surface area (Å²) in [7, 11) is 0. The van der Waals surface area contributed by atoms with Crippen LogP contribution in [0, 0.1) is 0 Å². The van der Waals surface area contributed by atoms with Gasteiger partial charge in [-0.25, -0.2) is 4.98 Å². The Labute approximate surface area is 114 Å². The van der Waals surface area contributed by atoms with E-state index >= 15 is 0 Å². The Morgan fingerprint density at radius 3 is 2.72 bits per heavy atom. The van der Waals surface area contributed by atoms with Crippen LogP contribution >= 0.6 is 27.3 Å². The SMILES string of the molecule is FC(F)(F)c1cc(Br)ccc1NCc1cscn1. The maximum atomic E-state index is 12.8. The van der Waals surface area contributed by atoms with Gasteiger partial charge in [-0.3, -0.25) is 0 Å². The topological polar surface area (TPSA) is 24.9 Å². The molecule has 1 heterocycles. The molecule has 1 aromatic heterocycles. The van der Waals surface area contributed by atoms with Crippen LogP contribution in [0.5, 0.6) is 0 Å². The third kappa shape index (κ3) is 3.23. The maximum absolute atomic E-state index is 12.8. The second kappa shape index (κ2) is 5.27. The average molecular weight is 337 g/mol. The van der Waals surface area contributed by atoms with E-state index in [0.717, 1.165) is 11.8 Å².